The van der Waals surface area contributed by atoms with Gasteiger partial charge in [0.1, 0.15) is 17.1 Å². The summed E-state index contributed by atoms with van der Waals surface area (Å²) in [5.41, 5.74) is 1.48. The van der Waals surface area contributed by atoms with Gasteiger partial charge >= 0.3 is 6.09 Å². The third-order valence-electron chi connectivity index (χ3n) is 4.83. The van der Waals surface area contributed by atoms with E-state index in [-0.39, 0.29) is 11.5 Å². The van der Waals surface area contributed by atoms with E-state index in [9.17, 15) is 4.79 Å². The summed E-state index contributed by atoms with van der Waals surface area (Å²) in [5, 5.41) is 2.52. The molecule has 34 heavy (non-hydrogen) atoms. The molecule has 180 valence electrons. The molecule has 3 rings (SSSR count). The largest absolute Gasteiger partial charge is 0.497 e. The number of amides is 1. The maximum atomic E-state index is 15.2. The summed E-state index contributed by atoms with van der Waals surface area (Å²) in [6.07, 6.45) is 0.743. The number of hydrogen-bond acceptors (Lipinski definition) is 6. The summed E-state index contributed by atoms with van der Waals surface area (Å²) >= 11 is 0. The minimum atomic E-state index is -0.672. The van der Waals surface area contributed by atoms with Crippen LogP contribution in [0.25, 0.3) is 0 Å². The van der Waals surface area contributed by atoms with Gasteiger partial charge in [-0.2, -0.15) is 0 Å². The minimum absolute atomic E-state index is 0.168. The molecule has 0 saturated heterocycles. The van der Waals surface area contributed by atoms with Crippen LogP contribution in [0.1, 0.15) is 31.9 Å². The lowest BCUT2D eigenvalue weighted by Gasteiger charge is -2.25. The number of benzene rings is 2. The number of carbonyl (C=O) groups excluding carboxylic acids is 1. The molecule has 0 aliphatic carbocycles. The molecule has 1 aromatic heterocycles. The Kier molecular flexibility index (Phi) is 7.94. The van der Waals surface area contributed by atoms with Crippen LogP contribution in [0.5, 0.6) is 11.5 Å². The highest BCUT2D eigenvalue weighted by Gasteiger charge is 2.19. The lowest BCUT2D eigenvalue weighted by molar-refractivity contribution is 0.0636. The van der Waals surface area contributed by atoms with E-state index >= 15 is 4.39 Å². The van der Waals surface area contributed by atoms with Crippen molar-refractivity contribution in [3.05, 3.63) is 77.7 Å². The lowest BCUT2D eigenvalue weighted by atomic mass is 10.1. The molecule has 0 aliphatic rings. The molecule has 0 unspecified atom stereocenters. The summed E-state index contributed by atoms with van der Waals surface area (Å²) < 4.78 is 30.9. The molecular weight excluding hydrogens is 437 g/mol. The van der Waals surface area contributed by atoms with E-state index in [0.717, 1.165) is 22.6 Å². The topological polar surface area (TPSA) is 72.9 Å². The molecule has 0 radical (unpaired) electrons. The van der Waals surface area contributed by atoms with Crippen molar-refractivity contribution in [2.75, 3.05) is 24.4 Å². The van der Waals surface area contributed by atoms with Crippen molar-refractivity contribution in [1.29, 1.82) is 0 Å². The van der Waals surface area contributed by atoms with Crippen LogP contribution in [0.4, 0.5) is 20.7 Å². The molecule has 1 N–H and O–H groups in total. The molecular formula is C26H30FN3O4. The predicted octanol–water partition coefficient (Wildman–Crippen LogP) is 5.79. The smallest absolute Gasteiger partial charge is 0.412 e. The number of pyridine rings is 1. The standard InChI is InChI=1S/C26H30FN3O4/c1-26(2,3)34-25(31)29-20-14-23(27)24(28-15-20)30(16-18-6-10-21(32-4)11-7-18)17-19-8-12-22(33-5)13-9-19/h6-15H,16-17H2,1-5H3,(H,29,31). The summed E-state index contributed by atoms with van der Waals surface area (Å²) in [6.45, 7) is 6.09. The Labute approximate surface area is 199 Å². The lowest BCUT2D eigenvalue weighted by Crippen LogP contribution is -2.27. The Hall–Kier alpha value is -3.81. The molecule has 8 heteroatoms. The number of carbonyl (C=O) groups is 1. The second kappa shape index (κ2) is 10.9. The second-order valence-electron chi connectivity index (χ2n) is 8.71. The zero-order chi connectivity index (χ0) is 24.7. The van der Waals surface area contributed by atoms with Gasteiger partial charge in [0, 0.05) is 19.2 Å². The molecule has 0 bridgehead atoms. The van der Waals surface area contributed by atoms with Gasteiger partial charge in [0.25, 0.3) is 0 Å². The van der Waals surface area contributed by atoms with Crippen molar-refractivity contribution in [3.8, 4) is 11.5 Å². The van der Waals surface area contributed by atoms with E-state index in [2.05, 4.69) is 10.3 Å². The summed E-state index contributed by atoms with van der Waals surface area (Å²) in [7, 11) is 3.22. The van der Waals surface area contributed by atoms with Crippen molar-refractivity contribution in [2.24, 2.45) is 0 Å². The Balaban J connectivity index is 1.85. The number of rotatable bonds is 8. The second-order valence-corrected chi connectivity index (χ2v) is 8.71. The first-order valence-corrected chi connectivity index (χ1v) is 10.8. The Morgan fingerprint density at radius 1 is 0.941 bits per heavy atom. The number of hydrogen-bond donors (Lipinski definition) is 1. The third-order valence-corrected chi connectivity index (χ3v) is 4.83. The van der Waals surface area contributed by atoms with E-state index in [4.69, 9.17) is 14.2 Å². The number of ether oxygens (including phenoxy) is 3. The van der Waals surface area contributed by atoms with Crippen LogP contribution < -0.4 is 19.7 Å². The monoisotopic (exact) mass is 467 g/mol. The highest BCUT2D eigenvalue weighted by atomic mass is 19.1. The van der Waals surface area contributed by atoms with Gasteiger partial charge in [0.15, 0.2) is 11.6 Å². The van der Waals surface area contributed by atoms with Gasteiger partial charge in [-0.25, -0.2) is 14.2 Å². The molecule has 0 fully saturated rings. The van der Waals surface area contributed by atoms with Crippen molar-refractivity contribution in [3.63, 3.8) is 0 Å². The van der Waals surface area contributed by atoms with E-state index in [1.165, 1.54) is 12.3 Å². The zero-order valence-corrected chi connectivity index (χ0v) is 20.1. The number of nitrogens with zero attached hydrogens (tertiary/aromatic N) is 2. The highest BCUT2D eigenvalue weighted by molar-refractivity contribution is 5.84. The molecule has 0 aliphatic heterocycles. The maximum Gasteiger partial charge on any atom is 0.412 e. The molecule has 1 amide bonds. The van der Waals surface area contributed by atoms with Crippen LogP contribution in [-0.4, -0.2) is 30.9 Å². The van der Waals surface area contributed by atoms with E-state index in [1.54, 1.807) is 35.0 Å². The van der Waals surface area contributed by atoms with Crippen LogP contribution in [0, 0.1) is 5.82 Å². The fourth-order valence-electron chi connectivity index (χ4n) is 3.26. The first-order chi connectivity index (χ1) is 16.2. The van der Waals surface area contributed by atoms with Crippen LogP contribution in [0.15, 0.2) is 60.8 Å². The van der Waals surface area contributed by atoms with E-state index in [1.807, 2.05) is 53.4 Å². The van der Waals surface area contributed by atoms with Gasteiger partial charge in [-0.3, -0.25) is 5.32 Å². The normalized spacial score (nSPS) is 11.0. The van der Waals surface area contributed by atoms with Gasteiger partial charge in [-0.05, 0) is 56.2 Å². The first kappa shape index (κ1) is 24.8. The quantitative estimate of drug-likeness (QED) is 0.452. The minimum Gasteiger partial charge on any atom is -0.497 e. The van der Waals surface area contributed by atoms with Crippen molar-refractivity contribution in [1.82, 2.24) is 4.98 Å². The zero-order valence-electron chi connectivity index (χ0n) is 20.1. The van der Waals surface area contributed by atoms with Crippen molar-refractivity contribution < 1.29 is 23.4 Å². The molecule has 1 heterocycles. The molecule has 0 spiro atoms. The Morgan fingerprint density at radius 3 is 1.85 bits per heavy atom. The van der Waals surface area contributed by atoms with Crippen LogP contribution in [0.3, 0.4) is 0 Å². The highest BCUT2D eigenvalue weighted by Crippen LogP contribution is 2.25. The SMILES string of the molecule is COc1ccc(CN(Cc2ccc(OC)cc2)c2ncc(NC(=O)OC(C)(C)C)cc2F)cc1. The summed E-state index contributed by atoms with van der Waals surface area (Å²) in [6, 6.07) is 16.4. The van der Waals surface area contributed by atoms with Crippen molar-refractivity contribution in [2.45, 2.75) is 39.5 Å². The number of anilines is 2. The molecule has 7 nitrogen and oxygen atoms in total. The van der Waals surface area contributed by atoms with Crippen LogP contribution in [-0.2, 0) is 17.8 Å². The average molecular weight is 468 g/mol. The van der Waals surface area contributed by atoms with Crippen molar-refractivity contribution >= 4 is 17.6 Å². The summed E-state index contributed by atoms with van der Waals surface area (Å²) in [4.78, 5) is 18.2. The first-order valence-electron chi connectivity index (χ1n) is 10.8. The van der Waals surface area contributed by atoms with Gasteiger partial charge in [0.2, 0.25) is 0 Å². The molecule has 3 aromatic rings. The van der Waals surface area contributed by atoms with Gasteiger partial charge in [-0.15, -0.1) is 0 Å². The van der Waals surface area contributed by atoms with Gasteiger partial charge in [-0.1, -0.05) is 24.3 Å². The van der Waals surface area contributed by atoms with Gasteiger partial charge < -0.3 is 19.1 Å². The third kappa shape index (κ3) is 7.10. The predicted molar refractivity (Wildman–Crippen MR) is 130 cm³/mol. The van der Waals surface area contributed by atoms with Gasteiger partial charge in [0.05, 0.1) is 26.1 Å². The number of aromatic nitrogens is 1. The van der Waals surface area contributed by atoms with E-state index in [0.29, 0.717) is 13.1 Å². The molecule has 0 atom stereocenters. The molecule has 2 aromatic carbocycles. The van der Waals surface area contributed by atoms with Crippen LogP contribution >= 0.6 is 0 Å². The average Bonchev–Trinajstić information content (AvgIpc) is 2.78. The Bertz CT molecular complexity index is 1050. The fraction of sp³-hybridized carbons (Fsp3) is 0.308. The molecule has 0 saturated carbocycles. The van der Waals surface area contributed by atoms with Crippen LogP contribution in [0.2, 0.25) is 0 Å². The summed E-state index contributed by atoms with van der Waals surface area (Å²) in [5.74, 6) is 1.09. The Morgan fingerprint density at radius 2 is 1.44 bits per heavy atom. The number of methoxy groups -OCH3 is 2. The number of nitrogens with one attached hydrogen (secondary N) is 1. The number of halogens is 1. The van der Waals surface area contributed by atoms with E-state index < -0.39 is 17.5 Å². The fourth-order valence-corrected chi connectivity index (χ4v) is 3.26. The maximum absolute atomic E-state index is 15.2.